The second-order valence-electron chi connectivity index (χ2n) is 8.50. The molecular formula is C22H33N2O2+. The minimum Gasteiger partial charge on any atom is -0.496 e. The fourth-order valence-electron chi connectivity index (χ4n) is 5.88. The van der Waals surface area contributed by atoms with E-state index in [0.717, 1.165) is 31.0 Å². The summed E-state index contributed by atoms with van der Waals surface area (Å²) in [6, 6.07) is 10.2. The average Bonchev–Trinajstić information content (AvgIpc) is 2.68. The maximum absolute atomic E-state index is 12.8. The third-order valence-corrected chi connectivity index (χ3v) is 6.95. The molecule has 2 unspecified atom stereocenters. The number of ether oxygens (including phenoxy) is 1. The molecule has 1 saturated carbocycles. The summed E-state index contributed by atoms with van der Waals surface area (Å²) in [5.41, 5.74) is 0.655. The number of hydrogen-bond acceptors (Lipinski definition) is 2. The number of hydrogen-bond donors (Lipinski definition) is 2. The average molecular weight is 358 g/mol. The van der Waals surface area contributed by atoms with Crippen LogP contribution in [0.5, 0.6) is 5.75 Å². The van der Waals surface area contributed by atoms with E-state index >= 15 is 0 Å². The normalized spacial score (nSPS) is 32.0. The lowest BCUT2D eigenvalue weighted by Crippen LogP contribution is -3.24. The molecule has 3 fully saturated rings. The zero-order valence-electron chi connectivity index (χ0n) is 16.0. The highest BCUT2D eigenvalue weighted by Crippen LogP contribution is 2.26. The molecule has 26 heavy (non-hydrogen) atoms. The van der Waals surface area contributed by atoms with Crippen molar-refractivity contribution >= 4 is 5.91 Å². The van der Waals surface area contributed by atoms with E-state index in [1.807, 2.05) is 29.2 Å². The SMILES string of the molecule is COc1ccccc1C(=O)NC1C[C@H]2CCC[C@@H](C1)[NH+]2C1CCCCC1. The molecule has 2 N–H and O–H groups in total. The van der Waals surface area contributed by atoms with Crippen molar-refractivity contribution in [2.45, 2.75) is 88.4 Å². The fraction of sp³-hybridized carbons (Fsp3) is 0.682. The van der Waals surface area contributed by atoms with Crippen molar-refractivity contribution in [1.82, 2.24) is 5.32 Å². The first-order valence-electron chi connectivity index (χ1n) is 10.6. The lowest BCUT2D eigenvalue weighted by Gasteiger charge is -2.50. The predicted octanol–water partition coefficient (Wildman–Crippen LogP) is 2.73. The Labute approximate surface area is 157 Å². The van der Waals surface area contributed by atoms with E-state index in [1.165, 1.54) is 51.4 Å². The molecule has 1 aromatic carbocycles. The molecule has 3 aliphatic rings. The highest BCUT2D eigenvalue weighted by molar-refractivity contribution is 5.97. The second kappa shape index (κ2) is 7.99. The Hall–Kier alpha value is -1.55. The van der Waals surface area contributed by atoms with Crippen molar-refractivity contribution in [1.29, 1.82) is 0 Å². The number of rotatable bonds is 4. The fourth-order valence-corrected chi connectivity index (χ4v) is 5.88. The number of amides is 1. The van der Waals surface area contributed by atoms with Gasteiger partial charge in [-0.05, 0) is 57.1 Å². The molecule has 1 aliphatic carbocycles. The molecule has 2 bridgehead atoms. The molecule has 1 aromatic rings. The highest BCUT2D eigenvalue weighted by atomic mass is 16.5. The van der Waals surface area contributed by atoms with Crippen molar-refractivity contribution < 1.29 is 14.4 Å². The zero-order valence-corrected chi connectivity index (χ0v) is 16.0. The van der Waals surface area contributed by atoms with Gasteiger partial charge in [0.1, 0.15) is 5.75 Å². The Morgan fingerprint density at radius 2 is 1.62 bits per heavy atom. The van der Waals surface area contributed by atoms with Crippen molar-refractivity contribution in [2.24, 2.45) is 0 Å². The summed E-state index contributed by atoms with van der Waals surface area (Å²) < 4.78 is 5.36. The van der Waals surface area contributed by atoms with Crippen molar-refractivity contribution in [3.63, 3.8) is 0 Å². The van der Waals surface area contributed by atoms with Crippen molar-refractivity contribution in [2.75, 3.05) is 7.11 Å². The van der Waals surface area contributed by atoms with Gasteiger partial charge in [0.2, 0.25) is 0 Å². The Morgan fingerprint density at radius 1 is 0.962 bits per heavy atom. The second-order valence-corrected chi connectivity index (χ2v) is 8.50. The highest BCUT2D eigenvalue weighted by Gasteiger charge is 2.45. The molecule has 2 saturated heterocycles. The Balaban J connectivity index is 1.43. The third-order valence-electron chi connectivity index (χ3n) is 6.95. The van der Waals surface area contributed by atoms with Crippen LogP contribution in [0.2, 0.25) is 0 Å². The number of fused-ring (bicyclic) bond motifs is 2. The lowest BCUT2D eigenvalue weighted by atomic mass is 9.78. The van der Waals surface area contributed by atoms with Gasteiger partial charge < -0.3 is 15.0 Å². The Kier molecular flexibility index (Phi) is 5.49. The van der Waals surface area contributed by atoms with E-state index in [4.69, 9.17) is 4.74 Å². The van der Waals surface area contributed by atoms with Gasteiger partial charge in [-0.3, -0.25) is 4.79 Å². The molecular weight excluding hydrogens is 324 g/mol. The summed E-state index contributed by atoms with van der Waals surface area (Å²) in [4.78, 5) is 14.7. The van der Waals surface area contributed by atoms with Gasteiger partial charge in [-0.15, -0.1) is 0 Å². The quantitative estimate of drug-likeness (QED) is 0.870. The van der Waals surface area contributed by atoms with Gasteiger partial charge in [0.25, 0.3) is 5.91 Å². The van der Waals surface area contributed by atoms with Gasteiger partial charge in [0.15, 0.2) is 0 Å². The Bertz CT molecular complexity index is 612. The molecule has 4 rings (SSSR count). The molecule has 4 heteroatoms. The molecule has 4 atom stereocenters. The van der Waals surface area contributed by atoms with Crippen LogP contribution in [0.4, 0.5) is 0 Å². The van der Waals surface area contributed by atoms with Crippen LogP contribution in [0.3, 0.4) is 0 Å². The number of carbonyl (C=O) groups is 1. The van der Waals surface area contributed by atoms with Gasteiger partial charge in [-0.1, -0.05) is 18.6 Å². The first-order valence-corrected chi connectivity index (χ1v) is 10.6. The summed E-state index contributed by atoms with van der Waals surface area (Å²) in [6.45, 7) is 0. The lowest BCUT2D eigenvalue weighted by molar-refractivity contribution is -0.984. The molecule has 4 nitrogen and oxygen atoms in total. The number of quaternary nitrogens is 1. The predicted molar refractivity (Wildman–Crippen MR) is 103 cm³/mol. The number of benzene rings is 1. The van der Waals surface area contributed by atoms with E-state index in [-0.39, 0.29) is 5.91 Å². The molecule has 0 radical (unpaired) electrons. The number of para-hydroxylation sites is 1. The van der Waals surface area contributed by atoms with Crippen LogP contribution >= 0.6 is 0 Å². The summed E-state index contributed by atoms with van der Waals surface area (Å²) in [7, 11) is 1.63. The summed E-state index contributed by atoms with van der Waals surface area (Å²) in [5.74, 6) is 0.683. The van der Waals surface area contributed by atoms with Crippen LogP contribution in [0.1, 0.15) is 74.6 Å². The largest absolute Gasteiger partial charge is 0.496 e. The van der Waals surface area contributed by atoms with Crippen molar-refractivity contribution in [3.05, 3.63) is 29.8 Å². The minimum absolute atomic E-state index is 0.0200. The van der Waals surface area contributed by atoms with Crippen LogP contribution in [-0.4, -0.2) is 37.2 Å². The number of piperidine rings is 2. The van der Waals surface area contributed by atoms with E-state index in [9.17, 15) is 4.79 Å². The van der Waals surface area contributed by atoms with E-state index in [0.29, 0.717) is 17.4 Å². The van der Waals surface area contributed by atoms with Gasteiger partial charge in [0, 0.05) is 18.9 Å². The van der Waals surface area contributed by atoms with Crippen LogP contribution in [0.15, 0.2) is 24.3 Å². The molecule has 1 amide bonds. The van der Waals surface area contributed by atoms with Crippen LogP contribution < -0.4 is 15.0 Å². The standard InChI is InChI=1S/C22H32N2O2/c1-26-21-13-6-5-12-20(21)22(25)23-16-14-18-10-7-11-19(15-16)24(18)17-8-3-2-4-9-17/h5-6,12-13,16-19H,2-4,7-11,14-15H2,1H3,(H,23,25)/p+1/t16?,18-,19+. The molecule has 2 aliphatic heterocycles. The number of nitrogens with one attached hydrogen (secondary N) is 2. The summed E-state index contributed by atoms with van der Waals surface area (Å²) in [5, 5.41) is 3.33. The minimum atomic E-state index is 0.0200. The van der Waals surface area contributed by atoms with Gasteiger partial charge in [-0.25, -0.2) is 0 Å². The monoisotopic (exact) mass is 357 g/mol. The maximum Gasteiger partial charge on any atom is 0.255 e. The van der Waals surface area contributed by atoms with Gasteiger partial charge in [-0.2, -0.15) is 0 Å². The third kappa shape index (κ3) is 3.62. The van der Waals surface area contributed by atoms with Crippen LogP contribution in [-0.2, 0) is 0 Å². The first kappa shape index (κ1) is 17.8. The number of carbonyl (C=O) groups excluding carboxylic acids is 1. The van der Waals surface area contributed by atoms with E-state index in [2.05, 4.69) is 5.32 Å². The van der Waals surface area contributed by atoms with Crippen LogP contribution in [0.25, 0.3) is 0 Å². The van der Waals surface area contributed by atoms with Crippen LogP contribution in [0, 0.1) is 0 Å². The van der Waals surface area contributed by atoms with Gasteiger partial charge in [0.05, 0.1) is 30.8 Å². The maximum atomic E-state index is 12.8. The summed E-state index contributed by atoms with van der Waals surface area (Å²) in [6.07, 6.45) is 13.4. The van der Waals surface area contributed by atoms with Gasteiger partial charge >= 0.3 is 0 Å². The molecule has 2 heterocycles. The van der Waals surface area contributed by atoms with E-state index < -0.39 is 0 Å². The molecule has 0 spiro atoms. The smallest absolute Gasteiger partial charge is 0.255 e. The molecule has 0 aromatic heterocycles. The molecule has 142 valence electrons. The zero-order chi connectivity index (χ0) is 17.9. The summed E-state index contributed by atoms with van der Waals surface area (Å²) >= 11 is 0. The van der Waals surface area contributed by atoms with E-state index in [1.54, 1.807) is 7.11 Å². The Morgan fingerprint density at radius 3 is 2.31 bits per heavy atom. The number of methoxy groups -OCH3 is 1. The first-order chi connectivity index (χ1) is 12.8. The topological polar surface area (TPSA) is 42.8 Å². The van der Waals surface area contributed by atoms with Crippen molar-refractivity contribution in [3.8, 4) is 5.75 Å².